The van der Waals surface area contributed by atoms with Crippen molar-refractivity contribution < 1.29 is 14.7 Å². The first-order chi connectivity index (χ1) is 8.15. The highest BCUT2D eigenvalue weighted by atomic mass is 16.4. The van der Waals surface area contributed by atoms with Gasteiger partial charge in [0.05, 0.1) is 12.4 Å². The molecule has 0 aromatic carbocycles. The Hall–Kier alpha value is -1.96. The van der Waals surface area contributed by atoms with Crippen molar-refractivity contribution in [3.8, 4) is 0 Å². The van der Waals surface area contributed by atoms with Crippen molar-refractivity contribution in [2.24, 2.45) is 5.73 Å². The molecule has 0 radical (unpaired) electrons. The molecule has 0 bridgehead atoms. The minimum Gasteiger partial charge on any atom is -0.480 e. The van der Waals surface area contributed by atoms with E-state index in [1.807, 2.05) is 0 Å². The molecule has 1 rings (SSSR count). The Morgan fingerprint density at radius 1 is 1.47 bits per heavy atom. The molecule has 0 aliphatic carbocycles. The SMILES string of the molecule is NCCCC[C@H](NC(=O)n1ccnn1)C(=O)O. The smallest absolute Gasteiger partial charge is 0.344 e. The number of nitrogens with zero attached hydrogens (tertiary/aromatic N) is 3. The van der Waals surface area contributed by atoms with Crippen LogP contribution in [0.25, 0.3) is 0 Å². The number of aliphatic carboxylic acids is 1. The van der Waals surface area contributed by atoms with E-state index in [1.54, 1.807) is 0 Å². The zero-order valence-electron chi connectivity index (χ0n) is 9.24. The lowest BCUT2D eigenvalue weighted by atomic mass is 10.1. The van der Waals surface area contributed by atoms with Crippen LogP contribution >= 0.6 is 0 Å². The predicted octanol–water partition coefficient (Wildman–Crippen LogP) is -0.582. The third-order valence-electron chi connectivity index (χ3n) is 2.17. The van der Waals surface area contributed by atoms with Crippen molar-refractivity contribution in [1.29, 1.82) is 0 Å². The third-order valence-corrected chi connectivity index (χ3v) is 2.17. The van der Waals surface area contributed by atoms with Crippen molar-refractivity contribution >= 4 is 12.0 Å². The van der Waals surface area contributed by atoms with Crippen molar-refractivity contribution in [3.05, 3.63) is 12.4 Å². The summed E-state index contributed by atoms with van der Waals surface area (Å²) in [6, 6.07) is -1.54. The van der Waals surface area contributed by atoms with E-state index in [2.05, 4.69) is 15.6 Å². The zero-order valence-corrected chi connectivity index (χ0v) is 9.24. The molecule has 0 aliphatic heterocycles. The lowest BCUT2D eigenvalue weighted by Crippen LogP contribution is -2.43. The second-order valence-electron chi connectivity index (χ2n) is 3.47. The summed E-state index contributed by atoms with van der Waals surface area (Å²) >= 11 is 0. The van der Waals surface area contributed by atoms with Crippen LogP contribution in [0.3, 0.4) is 0 Å². The normalized spacial score (nSPS) is 12.1. The number of nitrogens with two attached hydrogens (primary N) is 1. The Kier molecular flexibility index (Phi) is 5.08. The molecule has 1 atom stereocenters. The first-order valence-corrected chi connectivity index (χ1v) is 5.25. The molecule has 1 amide bonds. The van der Waals surface area contributed by atoms with Crippen molar-refractivity contribution in [1.82, 2.24) is 20.3 Å². The van der Waals surface area contributed by atoms with Crippen LogP contribution in [-0.2, 0) is 4.79 Å². The Bertz CT molecular complexity index is 365. The fourth-order valence-corrected chi connectivity index (χ4v) is 1.28. The van der Waals surface area contributed by atoms with Crippen LogP contribution in [0, 0.1) is 0 Å². The van der Waals surface area contributed by atoms with Gasteiger partial charge in [0.1, 0.15) is 6.04 Å². The van der Waals surface area contributed by atoms with E-state index in [0.29, 0.717) is 19.4 Å². The van der Waals surface area contributed by atoms with E-state index in [-0.39, 0.29) is 0 Å². The molecule has 17 heavy (non-hydrogen) atoms. The molecule has 0 saturated carbocycles. The first-order valence-electron chi connectivity index (χ1n) is 5.25. The third kappa shape index (κ3) is 4.19. The number of carboxylic acids is 1. The number of rotatable bonds is 6. The highest BCUT2D eigenvalue weighted by Crippen LogP contribution is 2.01. The molecule has 8 heteroatoms. The summed E-state index contributed by atoms with van der Waals surface area (Å²) in [5.41, 5.74) is 5.31. The van der Waals surface area contributed by atoms with Crippen molar-refractivity contribution in [2.45, 2.75) is 25.3 Å². The molecule has 0 fully saturated rings. The monoisotopic (exact) mass is 241 g/mol. The minimum atomic E-state index is -1.07. The topological polar surface area (TPSA) is 123 Å². The van der Waals surface area contributed by atoms with Crippen LogP contribution in [-0.4, -0.2) is 44.7 Å². The van der Waals surface area contributed by atoms with Crippen LogP contribution in [0.1, 0.15) is 19.3 Å². The molecule has 1 heterocycles. The Morgan fingerprint density at radius 2 is 2.24 bits per heavy atom. The molecule has 4 N–H and O–H groups in total. The summed E-state index contributed by atoms with van der Waals surface area (Å²) in [6.45, 7) is 0.503. The number of carbonyl (C=O) groups excluding carboxylic acids is 1. The average Bonchev–Trinajstić information content (AvgIpc) is 2.81. The zero-order chi connectivity index (χ0) is 12.7. The van der Waals surface area contributed by atoms with Gasteiger partial charge >= 0.3 is 12.0 Å². The predicted molar refractivity (Wildman–Crippen MR) is 58.3 cm³/mol. The number of amides is 1. The van der Waals surface area contributed by atoms with Gasteiger partial charge in [-0.2, -0.15) is 4.68 Å². The van der Waals surface area contributed by atoms with Crippen molar-refractivity contribution in [3.63, 3.8) is 0 Å². The molecule has 1 aromatic heterocycles. The van der Waals surface area contributed by atoms with E-state index in [0.717, 1.165) is 11.1 Å². The second-order valence-corrected chi connectivity index (χ2v) is 3.47. The molecule has 0 spiro atoms. The molecular weight excluding hydrogens is 226 g/mol. The number of hydrogen-bond acceptors (Lipinski definition) is 5. The lowest BCUT2D eigenvalue weighted by molar-refractivity contribution is -0.139. The number of nitrogens with one attached hydrogen (secondary N) is 1. The van der Waals surface area contributed by atoms with Gasteiger partial charge in [0.15, 0.2) is 0 Å². The quantitative estimate of drug-likeness (QED) is 0.572. The number of aromatic nitrogens is 3. The van der Waals surface area contributed by atoms with Gasteiger partial charge in [0, 0.05) is 0 Å². The van der Waals surface area contributed by atoms with Crippen molar-refractivity contribution in [2.75, 3.05) is 6.54 Å². The lowest BCUT2D eigenvalue weighted by Gasteiger charge is -2.13. The van der Waals surface area contributed by atoms with Gasteiger partial charge in [-0.1, -0.05) is 5.21 Å². The fourth-order valence-electron chi connectivity index (χ4n) is 1.28. The van der Waals surface area contributed by atoms with Crippen LogP contribution in [0.5, 0.6) is 0 Å². The largest absolute Gasteiger partial charge is 0.480 e. The maximum atomic E-state index is 11.5. The standard InChI is InChI=1S/C9H15N5O3/c10-4-2-1-3-7(8(15)16)12-9(17)14-6-5-11-13-14/h5-7H,1-4,10H2,(H,12,17)(H,15,16)/t7-/m0/s1. The average molecular weight is 241 g/mol. The number of unbranched alkanes of at least 4 members (excludes halogenated alkanes) is 1. The summed E-state index contributed by atoms with van der Waals surface area (Å²) in [4.78, 5) is 22.4. The molecule has 0 saturated heterocycles. The van der Waals surface area contributed by atoms with Gasteiger partial charge in [-0.25, -0.2) is 9.59 Å². The van der Waals surface area contributed by atoms with Crippen LogP contribution < -0.4 is 11.1 Å². The maximum Gasteiger partial charge on any atom is 0.344 e. The Morgan fingerprint density at radius 3 is 2.76 bits per heavy atom. The van der Waals surface area contributed by atoms with Crippen LogP contribution in [0.2, 0.25) is 0 Å². The summed E-state index contributed by atoms with van der Waals surface area (Å²) in [5, 5.41) is 18.2. The fraction of sp³-hybridized carbons (Fsp3) is 0.556. The van der Waals surface area contributed by atoms with Gasteiger partial charge in [-0.3, -0.25) is 0 Å². The van der Waals surface area contributed by atoms with Gasteiger partial charge in [-0.05, 0) is 25.8 Å². The van der Waals surface area contributed by atoms with E-state index in [4.69, 9.17) is 10.8 Å². The minimum absolute atomic E-state index is 0.340. The summed E-state index contributed by atoms with van der Waals surface area (Å²) in [7, 11) is 0. The van der Waals surface area contributed by atoms with Gasteiger partial charge < -0.3 is 16.2 Å². The number of carboxylic acid groups (broad SMARTS) is 1. The molecule has 94 valence electrons. The highest BCUT2D eigenvalue weighted by Gasteiger charge is 2.20. The molecular formula is C9H15N5O3. The maximum absolute atomic E-state index is 11.5. The Balaban J connectivity index is 2.49. The number of hydrogen-bond donors (Lipinski definition) is 3. The first kappa shape index (κ1) is 13.1. The molecule has 8 nitrogen and oxygen atoms in total. The molecule has 0 aliphatic rings. The van der Waals surface area contributed by atoms with E-state index >= 15 is 0 Å². The van der Waals surface area contributed by atoms with Gasteiger partial charge in [0.25, 0.3) is 0 Å². The number of carbonyl (C=O) groups is 2. The second kappa shape index (κ2) is 6.59. The molecule has 1 aromatic rings. The van der Waals surface area contributed by atoms with Crippen LogP contribution in [0.4, 0.5) is 4.79 Å². The molecule has 0 unspecified atom stereocenters. The van der Waals surface area contributed by atoms with E-state index in [1.165, 1.54) is 12.4 Å². The summed E-state index contributed by atoms with van der Waals surface area (Å²) in [6.07, 6.45) is 4.39. The summed E-state index contributed by atoms with van der Waals surface area (Å²) in [5.74, 6) is -1.07. The van der Waals surface area contributed by atoms with Gasteiger partial charge in [0.2, 0.25) is 0 Å². The van der Waals surface area contributed by atoms with E-state index in [9.17, 15) is 9.59 Å². The summed E-state index contributed by atoms with van der Waals surface area (Å²) < 4.78 is 0.943. The van der Waals surface area contributed by atoms with Gasteiger partial charge in [-0.15, -0.1) is 5.10 Å². The highest BCUT2D eigenvalue weighted by molar-refractivity contribution is 5.83. The van der Waals surface area contributed by atoms with Crippen LogP contribution in [0.15, 0.2) is 12.4 Å². The van der Waals surface area contributed by atoms with E-state index < -0.39 is 18.0 Å². The Labute approximate surface area is 97.8 Å².